The van der Waals surface area contributed by atoms with Crippen LogP contribution in [0, 0.1) is 18.3 Å². The Balaban J connectivity index is 1.27. The van der Waals surface area contributed by atoms with Crippen molar-refractivity contribution in [2.75, 3.05) is 18.6 Å². The minimum absolute atomic E-state index is 0.180. The topological polar surface area (TPSA) is 68.2 Å². The predicted octanol–water partition coefficient (Wildman–Crippen LogP) is 7.51. The number of rotatable bonds is 8. The molecule has 6 nitrogen and oxygen atoms in total. The molecule has 39 heavy (non-hydrogen) atoms. The number of fused-ring (bicyclic) bond motifs is 3. The van der Waals surface area contributed by atoms with Crippen molar-refractivity contribution in [2.45, 2.75) is 89.4 Å². The van der Waals surface area contributed by atoms with Gasteiger partial charge in [-0.15, -0.1) is 21.5 Å². The zero-order valence-electron chi connectivity index (χ0n) is 23.3. The minimum Gasteiger partial charge on any atom is -0.481 e. The monoisotopic (exact) mass is 544 g/mol. The van der Waals surface area contributed by atoms with E-state index in [2.05, 4.69) is 51.3 Å². The molecule has 4 saturated carbocycles. The van der Waals surface area contributed by atoms with Crippen molar-refractivity contribution in [3.63, 3.8) is 0 Å². The average Bonchev–Trinajstić information content (AvgIpc) is 3.44. The zero-order valence-corrected chi connectivity index (χ0v) is 24.1. The summed E-state index contributed by atoms with van der Waals surface area (Å²) in [6.07, 6.45) is 15.6. The van der Waals surface area contributed by atoms with E-state index in [1.165, 1.54) is 37.1 Å². The number of benzene rings is 1. The Morgan fingerprint density at radius 3 is 2.44 bits per heavy atom. The molecule has 4 aliphatic rings. The van der Waals surface area contributed by atoms with Crippen LogP contribution in [0.3, 0.4) is 0 Å². The van der Waals surface area contributed by atoms with E-state index < -0.39 is 0 Å². The highest BCUT2D eigenvalue weighted by Crippen LogP contribution is 2.58. The van der Waals surface area contributed by atoms with Gasteiger partial charge in [0.05, 0.1) is 7.11 Å². The fourth-order valence-corrected chi connectivity index (χ4v) is 8.26. The maximum atomic E-state index is 14.1. The van der Waals surface area contributed by atoms with Crippen molar-refractivity contribution < 1.29 is 9.53 Å². The summed E-state index contributed by atoms with van der Waals surface area (Å²) in [5, 5.41) is 11.2. The summed E-state index contributed by atoms with van der Waals surface area (Å²) < 4.78 is 5.37. The lowest BCUT2D eigenvalue weighted by Gasteiger charge is -2.53. The summed E-state index contributed by atoms with van der Waals surface area (Å²) in [5.41, 5.74) is 3.53. The maximum Gasteiger partial charge on any atom is 0.227 e. The van der Waals surface area contributed by atoms with Crippen LogP contribution in [0.15, 0.2) is 42.6 Å². The second-order valence-electron chi connectivity index (χ2n) is 12.2. The highest BCUT2D eigenvalue weighted by atomic mass is 32.1. The van der Waals surface area contributed by atoms with Gasteiger partial charge < -0.3 is 9.64 Å². The van der Waals surface area contributed by atoms with Gasteiger partial charge in [0.2, 0.25) is 11.8 Å². The third-order valence-electron chi connectivity index (χ3n) is 9.80. The molecule has 1 aromatic carbocycles. The lowest BCUT2D eigenvalue weighted by Crippen LogP contribution is -2.50. The van der Waals surface area contributed by atoms with Gasteiger partial charge in [-0.1, -0.05) is 31.4 Å². The molecule has 1 amide bonds. The summed E-state index contributed by atoms with van der Waals surface area (Å²) in [6, 6.07) is 12.5. The molecular formula is C32H40N4O2S. The van der Waals surface area contributed by atoms with Crippen molar-refractivity contribution in [3.8, 4) is 17.0 Å². The number of carbonyl (C=O) groups excluding carboxylic acids is 1. The van der Waals surface area contributed by atoms with Gasteiger partial charge in [-0.05, 0) is 98.9 Å². The number of pyridine rings is 1. The van der Waals surface area contributed by atoms with Gasteiger partial charge in [0.25, 0.3) is 0 Å². The van der Waals surface area contributed by atoms with E-state index in [9.17, 15) is 4.79 Å². The van der Waals surface area contributed by atoms with Crippen LogP contribution >= 0.6 is 11.3 Å². The number of amides is 1. The van der Waals surface area contributed by atoms with E-state index in [0.29, 0.717) is 24.1 Å². The second-order valence-corrected chi connectivity index (χ2v) is 13.4. The molecule has 0 aliphatic heterocycles. The Morgan fingerprint density at radius 2 is 1.74 bits per heavy atom. The van der Waals surface area contributed by atoms with Crippen molar-refractivity contribution in [2.24, 2.45) is 11.3 Å². The average molecular weight is 545 g/mol. The van der Waals surface area contributed by atoms with Crippen LogP contribution in [-0.2, 0) is 10.2 Å². The summed E-state index contributed by atoms with van der Waals surface area (Å²) in [7, 11) is 1.64. The number of methoxy groups -OCH3 is 1. The second kappa shape index (κ2) is 11.0. The first-order valence-corrected chi connectivity index (χ1v) is 15.5. The van der Waals surface area contributed by atoms with E-state index >= 15 is 0 Å². The lowest BCUT2D eigenvalue weighted by atomic mass is 9.53. The van der Waals surface area contributed by atoms with Crippen LogP contribution in [0.2, 0.25) is 0 Å². The molecule has 3 aromatic rings. The third kappa shape index (κ3) is 5.47. The van der Waals surface area contributed by atoms with Crippen LogP contribution in [-0.4, -0.2) is 34.7 Å². The van der Waals surface area contributed by atoms with E-state index in [1.54, 1.807) is 24.6 Å². The van der Waals surface area contributed by atoms with Gasteiger partial charge in [-0.3, -0.25) is 4.79 Å². The smallest absolute Gasteiger partial charge is 0.227 e. The number of aryl methyl sites for hydroxylation is 1. The third-order valence-corrected chi connectivity index (χ3v) is 10.9. The number of aromatic nitrogens is 3. The number of ether oxygens (including phenoxy) is 1. The van der Waals surface area contributed by atoms with Crippen LogP contribution in [0.4, 0.5) is 5.69 Å². The van der Waals surface area contributed by atoms with Crippen molar-refractivity contribution in [3.05, 3.63) is 52.6 Å². The predicted molar refractivity (Wildman–Crippen MR) is 156 cm³/mol. The number of hydrogen-bond acceptors (Lipinski definition) is 6. The number of nitrogens with zero attached hydrogens (tertiary/aromatic N) is 4. The molecule has 4 fully saturated rings. The molecule has 0 atom stereocenters. The van der Waals surface area contributed by atoms with E-state index in [0.717, 1.165) is 66.9 Å². The molecular weight excluding hydrogens is 504 g/mol. The molecule has 2 aromatic heterocycles. The van der Waals surface area contributed by atoms with Crippen molar-refractivity contribution in [1.29, 1.82) is 0 Å². The van der Waals surface area contributed by atoms with Gasteiger partial charge in [-0.2, -0.15) is 0 Å². The standard InChI is InChI=1S/C32H40N4O2S/c1-23-34-35-30(39-23)32-15-12-31(13-16-32,14-17-32)22-36(29(37)19-24-7-4-3-5-8-24)27-10-6-9-25(20-27)26-11-18-33-28(21-26)38-2/h6,9-11,18,20-21,24H,3-5,7-8,12-17,19,22H2,1-2H3. The summed E-state index contributed by atoms with van der Waals surface area (Å²) >= 11 is 1.78. The van der Waals surface area contributed by atoms with Crippen molar-refractivity contribution >= 4 is 22.9 Å². The van der Waals surface area contributed by atoms with Gasteiger partial charge in [-0.25, -0.2) is 4.98 Å². The number of hydrogen-bond donors (Lipinski definition) is 0. The van der Waals surface area contributed by atoms with Gasteiger partial charge in [0.1, 0.15) is 10.0 Å². The Labute approximate surface area is 236 Å². The molecule has 0 unspecified atom stereocenters. The molecule has 2 heterocycles. The lowest BCUT2D eigenvalue weighted by molar-refractivity contribution is -0.120. The Kier molecular flexibility index (Phi) is 7.45. The van der Waals surface area contributed by atoms with E-state index in [4.69, 9.17) is 4.74 Å². The maximum absolute atomic E-state index is 14.1. The van der Waals surface area contributed by atoms with Crippen LogP contribution in [0.25, 0.3) is 11.1 Å². The molecule has 2 bridgehead atoms. The molecule has 7 rings (SSSR count). The first-order chi connectivity index (χ1) is 19.0. The van der Waals surface area contributed by atoms with E-state index in [1.807, 2.05) is 12.1 Å². The highest BCUT2D eigenvalue weighted by Gasteiger charge is 2.51. The van der Waals surface area contributed by atoms with E-state index in [-0.39, 0.29) is 10.8 Å². The number of carbonyl (C=O) groups is 1. The largest absolute Gasteiger partial charge is 0.481 e. The molecule has 206 valence electrons. The quantitative estimate of drug-likeness (QED) is 0.293. The molecule has 4 aliphatic carbocycles. The van der Waals surface area contributed by atoms with Crippen LogP contribution < -0.4 is 9.64 Å². The molecule has 0 radical (unpaired) electrons. The first-order valence-electron chi connectivity index (χ1n) is 14.7. The van der Waals surface area contributed by atoms with Crippen LogP contribution in [0.1, 0.15) is 87.1 Å². The molecule has 0 spiro atoms. The highest BCUT2D eigenvalue weighted by molar-refractivity contribution is 7.11. The van der Waals surface area contributed by atoms with Crippen molar-refractivity contribution in [1.82, 2.24) is 15.2 Å². The van der Waals surface area contributed by atoms with Crippen LogP contribution in [0.5, 0.6) is 5.88 Å². The van der Waals surface area contributed by atoms with Gasteiger partial charge >= 0.3 is 0 Å². The molecule has 0 N–H and O–H groups in total. The normalized spacial score (nSPS) is 25.0. The summed E-state index contributed by atoms with van der Waals surface area (Å²) in [6.45, 7) is 2.87. The molecule has 7 heteroatoms. The Bertz CT molecular complexity index is 1290. The first kappa shape index (κ1) is 26.4. The Hall–Kier alpha value is -2.80. The molecule has 0 saturated heterocycles. The zero-order chi connectivity index (χ0) is 26.9. The fourth-order valence-electron chi connectivity index (χ4n) is 7.29. The Morgan fingerprint density at radius 1 is 1.00 bits per heavy atom. The SMILES string of the molecule is COc1cc(-c2cccc(N(CC34CCC(c5nnc(C)s5)(CC3)CC4)C(=O)CC3CCCCC3)c2)ccn1. The van der Waals surface area contributed by atoms with Gasteiger partial charge in [0.15, 0.2) is 0 Å². The summed E-state index contributed by atoms with van der Waals surface area (Å²) in [5.74, 6) is 1.41. The fraction of sp³-hybridized carbons (Fsp3) is 0.562. The number of anilines is 1. The minimum atomic E-state index is 0.180. The summed E-state index contributed by atoms with van der Waals surface area (Å²) in [4.78, 5) is 20.5. The van der Waals surface area contributed by atoms with Gasteiger partial charge in [0, 0.05) is 36.3 Å².